The number of hydrogen-bond acceptors (Lipinski definition) is 3. The lowest BCUT2D eigenvalue weighted by molar-refractivity contribution is -0.117. The van der Waals surface area contributed by atoms with Crippen LogP contribution in [0.3, 0.4) is 0 Å². The van der Waals surface area contributed by atoms with Crippen molar-refractivity contribution < 1.29 is 9.00 Å². The van der Waals surface area contributed by atoms with E-state index >= 15 is 0 Å². The Labute approximate surface area is 169 Å². The molecule has 2 aliphatic rings. The minimum Gasteiger partial charge on any atom is -0.326 e. The Morgan fingerprint density at radius 1 is 0.964 bits per heavy atom. The number of benzene rings is 2. The zero-order valence-electron chi connectivity index (χ0n) is 16.1. The van der Waals surface area contributed by atoms with Crippen molar-refractivity contribution >= 4 is 22.4 Å². The summed E-state index contributed by atoms with van der Waals surface area (Å²) in [6, 6.07) is 18.9. The lowest BCUT2D eigenvalue weighted by Gasteiger charge is -2.28. The molecule has 0 saturated carbocycles. The molecule has 2 aromatic carbocycles. The molecule has 28 heavy (non-hydrogen) atoms. The van der Waals surface area contributed by atoms with Crippen LogP contribution in [0.2, 0.25) is 0 Å². The van der Waals surface area contributed by atoms with Crippen LogP contribution < -0.4 is 10.6 Å². The number of piperidine rings is 1. The van der Waals surface area contributed by atoms with Gasteiger partial charge in [-0.05, 0) is 54.9 Å². The van der Waals surface area contributed by atoms with Gasteiger partial charge in [0.05, 0.1) is 0 Å². The van der Waals surface area contributed by atoms with Crippen LogP contribution in [0, 0.1) is 5.92 Å². The second-order valence-electron chi connectivity index (χ2n) is 8.14. The summed E-state index contributed by atoms with van der Waals surface area (Å²) in [5.41, 5.74) is 2.88. The van der Waals surface area contributed by atoms with Gasteiger partial charge in [-0.3, -0.25) is 9.00 Å². The van der Waals surface area contributed by atoms with E-state index in [-0.39, 0.29) is 5.91 Å². The van der Waals surface area contributed by atoms with E-state index in [2.05, 4.69) is 10.6 Å². The third-order valence-corrected chi connectivity index (χ3v) is 7.06. The van der Waals surface area contributed by atoms with Crippen molar-refractivity contribution in [2.24, 2.45) is 5.92 Å². The molecule has 0 radical (unpaired) electrons. The molecule has 2 bridgehead atoms. The van der Waals surface area contributed by atoms with E-state index in [9.17, 15) is 9.00 Å². The summed E-state index contributed by atoms with van der Waals surface area (Å²) >= 11 is 0. The second-order valence-corrected chi connectivity index (χ2v) is 9.60. The van der Waals surface area contributed by atoms with Gasteiger partial charge in [0, 0.05) is 46.5 Å². The lowest BCUT2D eigenvalue weighted by Crippen LogP contribution is -2.39. The average Bonchev–Trinajstić information content (AvgIpc) is 3.01. The molecule has 4 rings (SSSR count). The summed E-state index contributed by atoms with van der Waals surface area (Å²) in [5.74, 6) is 1.63. The molecule has 2 fully saturated rings. The first-order chi connectivity index (χ1) is 13.6. The maximum atomic E-state index is 12.5. The third-order valence-electron chi connectivity index (χ3n) is 5.75. The number of amides is 1. The van der Waals surface area contributed by atoms with Gasteiger partial charge in [0.15, 0.2) is 0 Å². The zero-order chi connectivity index (χ0) is 19.3. The van der Waals surface area contributed by atoms with Gasteiger partial charge in [0.25, 0.3) is 0 Å². The number of rotatable bonds is 7. The van der Waals surface area contributed by atoms with Crippen molar-refractivity contribution in [3.8, 4) is 0 Å². The number of anilines is 1. The molecule has 2 heterocycles. The standard InChI is InChI=1S/C23H28N2O2S/c26-23(14-19-12-21-9-10-22(13-19)24-21)25-20-8-4-7-18(11-20)16-28(27)15-17-5-2-1-3-6-17/h1-8,11,19,21-22,24H,9-10,12-16H2,(H,25,26). The van der Waals surface area contributed by atoms with Crippen LogP contribution in [-0.4, -0.2) is 22.2 Å². The molecule has 2 aliphatic heterocycles. The van der Waals surface area contributed by atoms with Crippen molar-refractivity contribution in [1.82, 2.24) is 5.32 Å². The normalized spacial score (nSPS) is 24.6. The first-order valence-electron chi connectivity index (χ1n) is 10.2. The van der Waals surface area contributed by atoms with Crippen LogP contribution in [0.25, 0.3) is 0 Å². The first-order valence-corrected chi connectivity index (χ1v) is 11.7. The number of hydrogen-bond donors (Lipinski definition) is 2. The molecule has 4 nitrogen and oxygen atoms in total. The Balaban J connectivity index is 1.29. The molecule has 3 atom stereocenters. The SMILES string of the molecule is O=C(CC1CC2CCC(C1)N2)Nc1cccc(CS(=O)Cc2ccccc2)c1. The summed E-state index contributed by atoms with van der Waals surface area (Å²) in [4.78, 5) is 12.5. The van der Waals surface area contributed by atoms with E-state index in [1.54, 1.807) is 0 Å². The average molecular weight is 397 g/mol. The zero-order valence-corrected chi connectivity index (χ0v) is 16.9. The molecule has 2 N–H and O–H groups in total. The smallest absolute Gasteiger partial charge is 0.224 e. The Bertz CT molecular complexity index is 828. The largest absolute Gasteiger partial charge is 0.326 e. The quantitative estimate of drug-likeness (QED) is 0.744. The van der Waals surface area contributed by atoms with E-state index < -0.39 is 10.8 Å². The van der Waals surface area contributed by atoms with Crippen LogP contribution in [-0.2, 0) is 27.1 Å². The van der Waals surface area contributed by atoms with Crippen molar-refractivity contribution in [3.05, 3.63) is 65.7 Å². The Morgan fingerprint density at radius 3 is 2.39 bits per heavy atom. The maximum absolute atomic E-state index is 12.5. The van der Waals surface area contributed by atoms with Crippen LogP contribution in [0.1, 0.15) is 43.2 Å². The van der Waals surface area contributed by atoms with Gasteiger partial charge in [-0.1, -0.05) is 42.5 Å². The number of carbonyl (C=O) groups excluding carboxylic acids is 1. The summed E-state index contributed by atoms with van der Waals surface area (Å²) < 4.78 is 12.5. The minimum atomic E-state index is -0.969. The van der Waals surface area contributed by atoms with Crippen LogP contribution in [0.4, 0.5) is 5.69 Å². The van der Waals surface area contributed by atoms with E-state index in [4.69, 9.17) is 0 Å². The molecule has 2 saturated heterocycles. The van der Waals surface area contributed by atoms with Crippen molar-refractivity contribution in [2.75, 3.05) is 5.32 Å². The van der Waals surface area contributed by atoms with Crippen LogP contribution >= 0.6 is 0 Å². The predicted molar refractivity (Wildman–Crippen MR) is 114 cm³/mol. The summed E-state index contributed by atoms with van der Waals surface area (Å²) in [7, 11) is -0.969. The van der Waals surface area contributed by atoms with Gasteiger partial charge in [0.2, 0.25) is 5.91 Å². The van der Waals surface area contributed by atoms with E-state index in [0.717, 1.165) is 29.7 Å². The molecule has 0 aliphatic carbocycles. The fraction of sp³-hybridized carbons (Fsp3) is 0.435. The van der Waals surface area contributed by atoms with Crippen LogP contribution in [0.15, 0.2) is 54.6 Å². The molecular formula is C23H28N2O2S. The molecule has 1 amide bonds. The molecule has 3 unspecified atom stereocenters. The third kappa shape index (κ3) is 5.30. The number of carbonyl (C=O) groups is 1. The van der Waals surface area contributed by atoms with Crippen LogP contribution in [0.5, 0.6) is 0 Å². The highest BCUT2D eigenvalue weighted by molar-refractivity contribution is 7.83. The van der Waals surface area contributed by atoms with E-state index in [1.807, 2.05) is 54.6 Å². The van der Waals surface area contributed by atoms with Crippen molar-refractivity contribution in [1.29, 1.82) is 0 Å². The predicted octanol–water partition coefficient (Wildman–Crippen LogP) is 3.99. The van der Waals surface area contributed by atoms with Gasteiger partial charge in [-0.2, -0.15) is 0 Å². The molecule has 148 valence electrons. The molecule has 2 aromatic rings. The highest BCUT2D eigenvalue weighted by atomic mass is 32.2. The number of nitrogens with one attached hydrogen (secondary N) is 2. The summed E-state index contributed by atoms with van der Waals surface area (Å²) in [6.07, 6.45) is 5.33. The fourth-order valence-corrected chi connectivity index (χ4v) is 5.77. The second kappa shape index (κ2) is 9.01. The first kappa shape index (κ1) is 19.3. The van der Waals surface area contributed by atoms with E-state index in [1.165, 1.54) is 12.8 Å². The van der Waals surface area contributed by atoms with Gasteiger partial charge in [-0.15, -0.1) is 0 Å². The van der Waals surface area contributed by atoms with Gasteiger partial charge in [0.1, 0.15) is 0 Å². The summed E-state index contributed by atoms with van der Waals surface area (Å²) in [6.45, 7) is 0. The highest BCUT2D eigenvalue weighted by Gasteiger charge is 2.34. The topological polar surface area (TPSA) is 58.2 Å². The van der Waals surface area contributed by atoms with Gasteiger partial charge >= 0.3 is 0 Å². The molecule has 0 aromatic heterocycles. The Hall–Kier alpha value is -1.98. The number of fused-ring (bicyclic) bond motifs is 2. The Kier molecular flexibility index (Phi) is 6.23. The van der Waals surface area contributed by atoms with Gasteiger partial charge < -0.3 is 10.6 Å². The van der Waals surface area contributed by atoms with Crippen molar-refractivity contribution in [3.63, 3.8) is 0 Å². The molecule has 0 spiro atoms. The lowest BCUT2D eigenvalue weighted by atomic mass is 9.89. The fourth-order valence-electron chi connectivity index (χ4n) is 4.55. The highest BCUT2D eigenvalue weighted by Crippen LogP contribution is 2.32. The van der Waals surface area contributed by atoms with E-state index in [0.29, 0.717) is 35.9 Å². The van der Waals surface area contributed by atoms with Crippen molar-refractivity contribution in [2.45, 2.75) is 55.7 Å². The molecular weight excluding hydrogens is 368 g/mol. The minimum absolute atomic E-state index is 0.0915. The monoisotopic (exact) mass is 396 g/mol. The Morgan fingerprint density at radius 2 is 1.64 bits per heavy atom. The van der Waals surface area contributed by atoms with Gasteiger partial charge in [-0.25, -0.2) is 0 Å². The maximum Gasteiger partial charge on any atom is 0.224 e. The summed E-state index contributed by atoms with van der Waals surface area (Å²) in [5, 5.41) is 6.67. The molecule has 5 heteroatoms.